The first kappa shape index (κ1) is 26.3. The number of ether oxygens (including phenoxy) is 2. The van der Waals surface area contributed by atoms with Gasteiger partial charge < -0.3 is 19.7 Å². The highest BCUT2D eigenvalue weighted by molar-refractivity contribution is 6.36. The van der Waals surface area contributed by atoms with Gasteiger partial charge in [0.1, 0.15) is 6.61 Å². The van der Waals surface area contributed by atoms with E-state index in [1.807, 2.05) is 66.7 Å². The van der Waals surface area contributed by atoms with Crippen molar-refractivity contribution in [2.45, 2.75) is 19.6 Å². The van der Waals surface area contributed by atoms with E-state index in [0.717, 1.165) is 16.8 Å². The zero-order chi connectivity index (χ0) is 26.0. The van der Waals surface area contributed by atoms with Crippen molar-refractivity contribution in [1.82, 2.24) is 9.88 Å². The fourth-order valence-corrected chi connectivity index (χ4v) is 4.17. The van der Waals surface area contributed by atoms with Gasteiger partial charge in [0.25, 0.3) is 0 Å². The molecule has 0 saturated carbocycles. The molecule has 0 radical (unpaired) electrons. The fraction of sp³-hybridized carbons (Fsp3) is 0.172. The first-order valence-corrected chi connectivity index (χ1v) is 12.5. The third-order valence-corrected chi connectivity index (χ3v) is 6.21. The van der Waals surface area contributed by atoms with E-state index in [0.29, 0.717) is 53.3 Å². The van der Waals surface area contributed by atoms with Crippen LogP contribution in [0.5, 0.6) is 11.5 Å². The van der Waals surface area contributed by atoms with Crippen LogP contribution in [0.4, 0.5) is 10.5 Å². The van der Waals surface area contributed by atoms with Gasteiger partial charge in [-0.3, -0.25) is 4.98 Å². The number of pyridine rings is 1. The maximum absolute atomic E-state index is 13.3. The van der Waals surface area contributed by atoms with Crippen molar-refractivity contribution in [2.75, 3.05) is 19.0 Å². The normalized spacial score (nSPS) is 10.6. The molecule has 1 N–H and O–H groups in total. The zero-order valence-corrected chi connectivity index (χ0v) is 21.9. The Morgan fingerprint density at radius 2 is 1.73 bits per heavy atom. The summed E-state index contributed by atoms with van der Waals surface area (Å²) < 4.78 is 11.6. The molecule has 0 fully saturated rings. The third kappa shape index (κ3) is 7.62. The summed E-state index contributed by atoms with van der Waals surface area (Å²) >= 11 is 12.3. The second-order valence-corrected chi connectivity index (χ2v) is 9.15. The number of nitrogens with zero attached hydrogens (tertiary/aromatic N) is 2. The number of hydrogen-bond acceptors (Lipinski definition) is 4. The molecule has 6 nitrogen and oxygen atoms in total. The highest BCUT2D eigenvalue weighted by atomic mass is 35.5. The number of aromatic nitrogens is 1. The van der Waals surface area contributed by atoms with Crippen LogP contribution in [0, 0.1) is 0 Å². The molecule has 0 unspecified atom stereocenters. The number of benzene rings is 3. The molecule has 37 heavy (non-hydrogen) atoms. The number of urea groups is 1. The number of anilines is 1. The van der Waals surface area contributed by atoms with Crippen LogP contribution in [0.1, 0.15) is 16.8 Å². The lowest BCUT2D eigenvalue weighted by molar-refractivity contribution is 0.209. The number of amides is 2. The van der Waals surface area contributed by atoms with Crippen LogP contribution in [-0.4, -0.2) is 29.6 Å². The Balaban J connectivity index is 1.50. The minimum atomic E-state index is -0.288. The number of methoxy groups -OCH3 is 1. The van der Waals surface area contributed by atoms with Gasteiger partial charge in [-0.05, 0) is 53.6 Å². The van der Waals surface area contributed by atoms with E-state index in [1.54, 1.807) is 36.4 Å². The Morgan fingerprint density at radius 3 is 2.46 bits per heavy atom. The predicted octanol–water partition coefficient (Wildman–Crippen LogP) is 7.25. The number of rotatable bonds is 10. The quantitative estimate of drug-likeness (QED) is 0.232. The van der Waals surface area contributed by atoms with Gasteiger partial charge in [-0.15, -0.1) is 0 Å². The second kappa shape index (κ2) is 13.0. The molecule has 3 aromatic carbocycles. The maximum Gasteiger partial charge on any atom is 0.322 e. The Morgan fingerprint density at radius 1 is 0.919 bits per heavy atom. The smallest absolute Gasteiger partial charge is 0.322 e. The molecular weight excluding hydrogens is 509 g/mol. The molecule has 2 amide bonds. The molecular formula is C29H27Cl2N3O3. The standard InChI is InChI=1S/C29H27Cl2N3O3/c1-36-28-17-22(10-13-27(28)37-20-21-7-3-2-4-8-21)19-34(16-14-24-9-5-6-15-32-24)29(35)33-26-12-11-23(30)18-25(26)31/h2-13,15,17-18H,14,16,19-20H2,1H3,(H,33,35). The average Bonchev–Trinajstić information content (AvgIpc) is 2.92. The summed E-state index contributed by atoms with van der Waals surface area (Å²) in [5.41, 5.74) is 3.34. The molecule has 4 rings (SSSR count). The number of halogens is 2. The number of hydrogen-bond donors (Lipinski definition) is 1. The molecule has 0 aliphatic carbocycles. The van der Waals surface area contributed by atoms with Crippen molar-refractivity contribution in [1.29, 1.82) is 0 Å². The van der Waals surface area contributed by atoms with E-state index in [2.05, 4.69) is 10.3 Å². The van der Waals surface area contributed by atoms with E-state index in [1.165, 1.54) is 0 Å². The van der Waals surface area contributed by atoms with Gasteiger partial charge in [0.15, 0.2) is 11.5 Å². The molecule has 0 bridgehead atoms. The van der Waals surface area contributed by atoms with Gasteiger partial charge in [-0.25, -0.2) is 4.79 Å². The van der Waals surface area contributed by atoms with Crippen molar-refractivity contribution >= 4 is 34.9 Å². The molecule has 8 heteroatoms. The Bertz CT molecular complexity index is 1320. The van der Waals surface area contributed by atoms with Crippen molar-refractivity contribution in [3.8, 4) is 11.5 Å². The Hall–Kier alpha value is -3.74. The van der Waals surface area contributed by atoms with Crippen molar-refractivity contribution in [3.05, 3.63) is 118 Å². The fourth-order valence-electron chi connectivity index (χ4n) is 3.72. The molecule has 0 aliphatic rings. The van der Waals surface area contributed by atoms with Crippen LogP contribution in [0.2, 0.25) is 10.0 Å². The predicted molar refractivity (Wildman–Crippen MR) is 148 cm³/mol. The molecule has 0 aliphatic heterocycles. The first-order valence-electron chi connectivity index (χ1n) is 11.8. The van der Waals surface area contributed by atoms with Gasteiger partial charge in [0, 0.05) is 36.4 Å². The number of carbonyl (C=O) groups excluding carboxylic acids is 1. The van der Waals surface area contributed by atoms with Gasteiger partial charge in [0.2, 0.25) is 0 Å². The molecule has 0 spiro atoms. The molecule has 4 aromatic rings. The zero-order valence-electron chi connectivity index (χ0n) is 20.4. The summed E-state index contributed by atoms with van der Waals surface area (Å²) in [6.07, 6.45) is 2.34. The van der Waals surface area contributed by atoms with E-state index in [-0.39, 0.29) is 6.03 Å². The molecule has 1 heterocycles. The Kier molecular flexibility index (Phi) is 9.24. The van der Waals surface area contributed by atoms with Crippen molar-refractivity contribution < 1.29 is 14.3 Å². The monoisotopic (exact) mass is 535 g/mol. The van der Waals surface area contributed by atoms with Crippen LogP contribution in [0.3, 0.4) is 0 Å². The van der Waals surface area contributed by atoms with Crippen LogP contribution in [0.25, 0.3) is 0 Å². The van der Waals surface area contributed by atoms with Crippen LogP contribution in [0.15, 0.2) is 91.1 Å². The molecule has 0 atom stereocenters. The maximum atomic E-state index is 13.3. The lowest BCUT2D eigenvalue weighted by atomic mass is 10.1. The summed E-state index contributed by atoms with van der Waals surface area (Å²) in [6.45, 7) is 1.22. The summed E-state index contributed by atoms with van der Waals surface area (Å²) in [6, 6.07) is 26.0. The van der Waals surface area contributed by atoms with E-state index < -0.39 is 0 Å². The Labute approximate surface area is 226 Å². The first-order chi connectivity index (χ1) is 18.0. The lowest BCUT2D eigenvalue weighted by Gasteiger charge is -2.24. The summed E-state index contributed by atoms with van der Waals surface area (Å²) in [5, 5.41) is 3.76. The highest BCUT2D eigenvalue weighted by Crippen LogP contribution is 2.30. The second-order valence-electron chi connectivity index (χ2n) is 8.31. The minimum Gasteiger partial charge on any atom is -0.493 e. The number of nitrogens with one attached hydrogen (secondary N) is 1. The molecule has 1 aromatic heterocycles. The van der Waals surface area contributed by atoms with Gasteiger partial charge in [-0.2, -0.15) is 0 Å². The van der Waals surface area contributed by atoms with E-state index in [9.17, 15) is 4.79 Å². The van der Waals surface area contributed by atoms with Crippen LogP contribution >= 0.6 is 23.2 Å². The van der Waals surface area contributed by atoms with Gasteiger partial charge in [-0.1, -0.05) is 65.7 Å². The lowest BCUT2D eigenvalue weighted by Crippen LogP contribution is -2.36. The number of carbonyl (C=O) groups is 1. The third-order valence-electron chi connectivity index (χ3n) is 5.66. The SMILES string of the molecule is COc1cc(CN(CCc2ccccn2)C(=O)Nc2ccc(Cl)cc2Cl)ccc1OCc1ccccc1. The molecule has 0 saturated heterocycles. The molecule has 190 valence electrons. The summed E-state index contributed by atoms with van der Waals surface area (Å²) in [5.74, 6) is 1.23. The average molecular weight is 536 g/mol. The van der Waals surface area contributed by atoms with Crippen LogP contribution in [-0.2, 0) is 19.6 Å². The topological polar surface area (TPSA) is 63.7 Å². The summed E-state index contributed by atoms with van der Waals surface area (Å²) in [7, 11) is 1.60. The van der Waals surface area contributed by atoms with Crippen molar-refractivity contribution in [2.24, 2.45) is 0 Å². The van der Waals surface area contributed by atoms with Gasteiger partial charge in [0.05, 0.1) is 17.8 Å². The van der Waals surface area contributed by atoms with Gasteiger partial charge >= 0.3 is 6.03 Å². The highest BCUT2D eigenvalue weighted by Gasteiger charge is 2.17. The summed E-state index contributed by atoms with van der Waals surface area (Å²) in [4.78, 5) is 19.4. The van der Waals surface area contributed by atoms with Crippen LogP contribution < -0.4 is 14.8 Å². The van der Waals surface area contributed by atoms with E-state index >= 15 is 0 Å². The van der Waals surface area contributed by atoms with E-state index in [4.69, 9.17) is 32.7 Å². The largest absolute Gasteiger partial charge is 0.493 e. The van der Waals surface area contributed by atoms with Crippen molar-refractivity contribution in [3.63, 3.8) is 0 Å². The minimum absolute atomic E-state index is 0.288.